The van der Waals surface area contributed by atoms with Gasteiger partial charge in [0.15, 0.2) is 0 Å². The summed E-state index contributed by atoms with van der Waals surface area (Å²) in [6.45, 7) is 13.3. The molecule has 174 valence electrons. The first-order chi connectivity index (χ1) is 15.9. The van der Waals surface area contributed by atoms with Crippen molar-refractivity contribution < 1.29 is 4.79 Å². The largest absolute Gasteiger partial charge is 0.354 e. The zero-order valence-corrected chi connectivity index (χ0v) is 19.9. The van der Waals surface area contributed by atoms with Gasteiger partial charge in [-0.15, -0.1) is 0 Å². The predicted octanol–water partition coefficient (Wildman–Crippen LogP) is 4.26. The van der Waals surface area contributed by atoms with E-state index < -0.39 is 0 Å². The standard InChI is InChI=1S/C25H33N7O/c1-5-9-31-10-12-32(13-11-31)23-15-22(27-19(4)28-23)29-21-14-20(16-26-21)25(33)30-24-17(2)7-6-8-18(24)3/h6-8,14-16,26H,5,9-13H2,1-4H3,(H,30,33)(H,27,28,29). The fraction of sp³-hybridized carbons (Fsp3) is 0.400. The zero-order valence-electron chi connectivity index (χ0n) is 19.9. The smallest absolute Gasteiger partial charge is 0.257 e. The lowest BCUT2D eigenvalue weighted by molar-refractivity contribution is 0.102. The number of aromatic nitrogens is 3. The molecule has 1 aromatic carbocycles. The maximum absolute atomic E-state index is 12.8. The molecule has 1 fully saturated rings. The molecule has 1 saturated heterocycles. The lowest BCUT2D eigenvalue weighted by atomic mass is 10.1. The lowest BCUT2D eigenvalue weighted by Crippen LogP contribution is -2.46. The van der Waals surface area contributed by atoms with E-state index in [1.165, 1.54) is 6.42 Å². The third kappa shape index (κ3) is 5.51. The Morgan fingerprint density at radius 2 is 1.79 bits per heavy atom. The number of aromatic amines is 1. The van der Waals surface area contributed by atoms with Gasteiger partial charge in [0.25, 0.3) is 5.91 Å². The Morgan fingerprint density at radius 1 is 1.06 bits per heavy atom. The van der Waals surface area contributed by atoms with Gasteiger partial charge in [-0.1, -0.05) is 25.1 Å². The van der Waals surface area contributed by atoms with E-state index >= 15 is 0 Å². The Balaban J connectivity index is 1.43. The van der Waals surface area contributed by atoms with Crippen LogP contribution >= 0.6 is 0 Å². The highest BCUT2D eigenvalue weighted by Gasteiger charge is 2.19. The summed E-state index contributed by atoms with van der Waals surface area (Å²) in [6.07, 6.45) is 2.88. The summed E-state index contributed by atoms with van der Waals surface area (Å²) in [6, 6.07) is 9.74. The predicted molar refractivity (Wildman–Crippen MR) is 134 cm³/mol. The van der Waals surface area contributed by atoms with Crippen molar-refractivity contribution in [3.05, 3.63) is 59.0 Å². The van der Waals surface area contributed by atoms with Crippen molar-refractivity contribution in [3.8, 4) is 0 Å². The zero-order chi connectivity index (χ0) is 23.4. The second kappa shape index (κ2) is 10.0. The van der Waals surface area contributed by atoms with Crippen LogP contribution < -0.4 is 15.5 Å². The van der Waals surface area contributed by atoms with Crippen LogP contribution in [-0.4, -0.2) is 58.5 Å². The molecule has 8 nitrogen and oxygen atoms in total. The van der Waals surface area contributed by atoms with Crippen molar-refractivity contribution in [3.63, 3.8) is 0 Å². The molecule has 0 unspecified atom stereocenters. The molecular formula is C25H33N7O. The van der Waals surface area contributed by atoms with Gasteiger partial charge >= 0.3 is 0 Å². The first kappa shape index (κ1) is 22.8. The number of rotatable bonds is 7. The van der Waals surface area contributed by atoms with Crippen LogP contribution in [0, 0.1) is 20.8 Å². The van der Waals surface area contributed by atoms with Crippen LogP contribution in [0.25, 0.3) is 0 Å². The molecule has 33 heavy (non-hydrogen) atoms. The summed E-state index contributed by atoms with van der Waals surface area (Å²) in [7, 11) is 0. The van der Waals surface area contributed by atoms with Crippen molar-refractivity contribution in [1.29, 1.82) is 0 Å². The van der Waals surface area contributed by atoms with Gasteiger partial charge in [-0.05, 0) is 50.9 Å². The fourth-order valence-corrected chi connectivity index (χ4v) is 4.23. The van der Waals surface area contributed by atoms with E-state index in [0.717, 1.165) is 55.4 Å². The van der Waals surface area contributed by atoms with E-state index in [4.69, 9.17) is 0 Å². The van der Waals surface area contributed by atoms with Gasteiger partial charge in [-0.25, -0.2) is 9.97 Å². The molecule has 3 heterocycles. The van der Waals surface area contributed by atoms with Gasteiger partial charge in [-0.3, -0.25) is 9.69 Å². The van der Waals surface area contributed by atoms with E-state index in [2.05, 4.69) is 42.3 Å². The molecule has 2 aromatic heterocycles. The van der Waals surface area contributed by atoms with Crippen molar-refractivity contribution >= 4 is 29.0 Å². The Labute approximate surface area is 195 Å². The number of para-hydroxylation sites is 1. The van der Waals surface area contributed by atoms with Crippen LogP contribution in [0.5, 0.6) is 0 Å². The number of piperazine rings is 1. The fourth-order valence-electron chi connectivity index (χ4n) is 4.23. The van der Waals surface area contributed by atoms with Gasteiger partial charge in [0.1, 0.15) is 23.3 Å². The van der Waals surface area contributed by atoms with Crippen LogP contribution in [0.3, 0.4) is 0 Å². The number of aryl methyl sites for hydroxylation is 3. The average molecular weight is 448 g/mol. The minimum absolute atomic E-state index is 0.152. The number of hydrogen-bond donors (Lipinski definition) is 3. The molecule has 0 saturated carbocycles. The van der Waals surface area contributed by atoms with E-state index in [0.29, 0.717) is 23.0 Å². The lowest BCUT2D eigenvalue weighted by Gasteiger charge is -2.35. The van der Waals surface area contributed by atoms with Crippen LogP contribution in [0.15, 0.2) is 36.5 Å². The van der Waals surface area contributed by atoms with Gasteiger partial charge in [0.2, 0.25) is 0 Å². The molecule has 4 rings (SSSR count). The number of H-pyrrole nitrogens is 1. The van der Waals surface area contributed by atoms with E-state index in [9.17, 15) is 4.79 Å². The summed E-state index contributed by atoms with van der Waals surface area (Å²) in [5, 5.41) is 6.31. The number of carbonyl (C=O) groups excluding carboxylic acids is 1. The topological polar surface area (TPSA) is 89.2 Å². The van der Waals surface area contributed by atoms with Crippen LogP contribution in [-0.2, 0) is 0 Å². The van der Waals surface area contributed by atoms with Crippen molar-refractivity contribution in [1.82, 2.24) is 19.9 Å². The number of nitrogens with zero attached hydrogens (tertiary/aromatic N) is 4. The summed E-state index contributed by atoms with van der Waals surface area (Å²) in [5.74, 6) is 2.91. The van der Waals surface area contributed by atoms with Crippen LogP contribution in [0.4, 0.5) is 23.1 Å². The molecule has 0 spiro atoms. The summed E-state index contributed by atoms with van der Waals surface area (Å²) in [5.41, 5.74) is 3.49. The first-order valence-electron chi connectivity index (χ1n) is 11.6. The Morgan fingerprint density at radius 3 is 2.48 bits per heavy atom. The number of carbonyl (C=O) groups is 1. The molecule has 8 heteroatoms. The first-order valence-corrected chi connectivity index (χ1v) is 11.6. The van der Waals surface area contributed by atoms with Crippen molar-refractivity contribution in [2.45, 2.75) is 34.1 Å². The van der Waals surface area contributed by atoms with Crippen molar-refractivity contribution in [2.24, 2.45) is 0 Å². The normalized spacial score (nSPS) is 14.4. The molecule has 0 radical (unpaired) electrons. The molecule has 3 aromatic rings. The second-order valence-corrected chi connectivity index (χ2v) is 8.64. The molecular weight excluding hydrogens is 414 g/mol. The second-order valence-electron chi connectivity index (χ2n) is 8.64. The highest BCUT2D eigenvalue weighted by Crippen LogP contribution is 2.23. The molecule has 3 N–H and O–H groups in total. The average Bonchev–Trinajstić information content (AvgIpc) is 3.25. The number of amides is 1. The minimum Gasteiger partial charge on any atom is -0.354 e. The van der Waals surface area contributed by atoms with Gasteiger partial charge < -0.3 is 20.5 Å². The molecule has 1 aliphatic rings. The molecule has 0 atom stereocenters. The minimum atomic E-state index is -0.152. The monoisotopic (exact) mass is 447 g/mol. The third-order valence-corrected chi connectivity index (χ3v) is 5.99. The van der Waals surface area contributed by atoms with Gasteiger partial charge in [0.05, 0.1) is 5.56 Å². The summed E-state index contributed by atoms with van der Waals surface area (Å²) >= 11 is 0. The van der Waals surface area contributed by atoms with Crippen LogP contribution in [0.2, 0.25) is 0 Å². The molecule has 0 aliphatic carbocycles. The quantitative estimate of drug-likeness (QED) is 0.502. The Bertz CT molecular complexity index is 1100. The van der Waals surface area contributed by atoms with E-state index in [1.54, 1.807) is 12.3 Å². The summed E-state index contributed by atoms with van der Waals surface area (Å²) in [4.78, 5) is 29.9. The van der Waals surface area contributed by atoms with Gasteiger partial charge in [0, 0.05) is 44.1 Å². The van der Waals surface area contributed by atoms with Gasteiger partial charge in [-0.2, -0.15) is 0 Å². The van der Waals surface area contributed by atoms with E-state index in [1.807, 2.05) is 45.0 Å². The summed E-state index contributed by atoms with van der Waals surface area (Å²) < 4.78 is 0. The van der Waals surface area contributed by atoms with E-state index in [-0.39, 0.29) is 5.91 Å². The number of anilines is 4. The highest BCUT2D eigenvalue weighted by molar-refractivity contribution is 6.05. The Kier molecular flexibility index (Phi) is 6.93. The maximum atomic E-state index is 12.8. The molecule has 0 bridgehead atoms. The maximum Gasteiger partial charge on any atom is 0.257 e. The molecule has 1 amide bonds. The third-order valence-electron chi connectivity index (χ3n) is 5.99. The Hall–Kier alpha value is -3.39. The highest BCUT2D eigenvalue weighted by atomic mass is 16.1. The number of hydrogen-bond acceptors (Lipinski definition) is 6. The van der Waals surface area contributed by atoms with Crippen molar-refractivity contribution in [2.75, 3.05) is 48.3 Å². The number of nitrogens with one attached hydrogen (secondary N) is 3. The SMILES string of the molecule is CCCN1CCN(c2cc(Nc3cc(C(=O)Nc4c(C)cccc4C)c[nH]3)nc(C)n2)CC1. The van der Waals surface area contributed by atoms with Crippen LogP contribution in [0.1, 0.15) is 40.7 Å². The number of benzene rings is 1. The molecule has 1 aliphatic heterocycles.